The summed E-state index contributed by atoms with van der Waals surface area (Å²) < 4.78 is 1.20. The van der Waals surface area contributed by atoms with Gasteiger partial charge in [-0.05, 0) is 60.4 Å². The van der Waals surface area contributed by atoms with Gasteiger partial charge in [0.2, 0.25) is 0 Å². The molecule has 2 N–H and O–H groups in total. The second kappa shape index (κ2) is 10.8. The number of likely N-dealkylation sites (N-methyl/N-ethyl adjacent to an activating group) is 1. The molecule has 0 spiro atoms. The number of guanidine groups is 1. The summed E-state index contributed by atoms with van der Waals surface area (Å²) in [6, 6.07) is 4.93. The highest BCUT2D eigenvalue weighted by molar-refractivity contribution is 14.0. The van der Waals surface area contributed by atoms with Gasteiger partial charge in [0.1, 0.15) is 0 Å². The normalized spacial score (nSPS) is 19.0. The fourth-order valence-corrected chi connectivity index (χ4v) is 4.25. The molecule has 4 nitrogen and oxygen atoms in total. The van der Waals surface area contributed by atoms with Crippen molar-refractivity contribution in [1.29, 1.82) is 0 Å². The van der Waals surface area contributed by atoms with E-state index in [2.05, 4.69) is 55.5 Å². The molecule has 1 aliphatic heterocycles. The monoisotopic (exact) mass is 500 g/mol. The van der Waals surface area contributed by atoms with Crippen LogP contribution >= 0.6 is 51.2 Å². The number of nitrogens with zero attached hydrogens (tertiary/aromatic N) is 2. The van der Waals surface area contributed by atoms with Gasteiger partial charge in [0, 0.05) is 31.1 Å². The van der Waals surface area contributed by atoms with Gasteiger partial charge >= 0.3 is 0 Å². The topological polar surface area (TPSA) is 39.7 Å². The summed E-state index contributed by atoms with van der Waals surface area (Å²) in [7, 11) is 1.84. The number of thiophene rings is 1. The van der Waals surface area contributed by atoms with Gasteiger partial charge in [-0.15, -0.1) is 35.3 Å². The lowest BCUT2D eigenvalue weighted by atomic mass is 10.2. The molecule has 1 saturated heterocycles. The van der Waals surface area contributed by atoms with Crippen LogP contribution in [0.25, 0.3) is 0 Å². The van der Waals surface area contributed by atoms with Crippen molar-refractivity contribution in [3.05, 3.63) is 20.8 Å². The molecule has 22 heavy (non-hydrogen) atoms. The quantitative estimate of drug-likeness (QED) is 0.357. The highest BCUT2D eigenvalue weighted by atomic mass is 127. The van der Waals surface area contributed by atoms with Crippen LogP contribution < -0.4 is 10.6 Å². The van der Waals surface area contributed by atoms with Crippen LogP contribution in [0, 0.1) is 0 Å². The van der Waals surface area contributed by atoms with E-state index in [1.807, 2.05) is 7.05 Å². The third kappa shape index (κ3) is 6.33. The van der Waals surface area contributed by atoms with Crippen molar-refractivity contribution in [1.82, 2.24) is 15.5 Å². The molecule has 0 aliphatic carbocycles. The third-order valence-corrected chi connectivity index (χ3v) is 5.61. The summed E-state index contributed by atoms with van der Waals surface area (Å²) in [6.07, 6.45) is 3.64. The maximum atomic E-state index is 4.31. The van der Waals surface area contributed by atoms with Gasteiger partial charge in [-0.25, -0.2) is 0 Å². The van der Waals surface area contributed by atoms with Crippen LogP contribution in [0.3, 0.4) is 0 Å². The van der Waals surface area contributed by atoms with Gasteiger partial charge in [-0.3, -0.25) is 9.89 Å². The largest absolute Gasteiger partial charge is 0.356 e. The molecule has 0 aromatic carbocycles. The molecule has 0 saturated carbocycles. The number of aliphatic imine (C=N–C) groups is 1. The summed E-state index contributed by atoms with van der Waals surface area (Å²) in [6.45, 7) is 6.52. The van der Waals surface area contributed by atoms with Crippen LogP contribution in [-0.4, -0.2) is 50.1 Å². The van der Waals surface area contributed by atoms with Crippen molar-refractivity contribution in [2.75, 3.05) is 33.2 Å². The van der Waals surface area contributed by atoms with E-state index in [0.29, 0.717) is 6.04 Å². The van der Waals surface area contributed by atoms with E-state index in [0.717, 1.165) is 32.0 Å². The molecule has 1 unspecified atom stereocenters. The standard InChI is InChI=1S/C15H25BrN4S.HI/c1-3-20-10-4-5-12(20)11-19-15(17-2)18-9-8-13-6-7-14(16)21-13;/h6-7,12H,3-5,8-11H2,1-2H3,(H2,17,18,19);1H. The number of hydrogen-bond donors (Lipinski definition) is 2. The number of likely N-dealkylation sites (tertiary alicyclic amines) is 1. The third-order valence-electron chi connectivity index (χ3n) is 3.93. The Hall–Kier alpha value is 0.140. The van der Waals surface area contributed by atoms with E-state index in [-0.39, 0.29) is 24.0 Å². The Kier molecular flexibility index (Phi) is 9.94. The first-order valence-corrected chi connectivity index (χ1v) is 9.26. The predicted octanol–water partition coefficient (Wildman–Crippen LogP) is 3.32. The summed E-state index contributed by atoms with van der Waals surface area (Å²) in [5, 5.41) is 6.85. The Labute approximate surface area is 163 Å². The summed E-state index contributed by atoms with van der Waals surface area (Å²) in [5.74, 6) is 0.911. The maximum Gasteiger partial charge on any atom is 0.191 e. The van der Waals surface area contributed by atoms with Crippen molar-refractivity contribution < 1.29 is 0 Å². The van der Waals surface area contributed by atoms with Crippen molar-refractivity contribution in [2.45, 2.75) is 32.2 Å². The molecule has 1 aliphatic rings. The van der Waals surface area contributed by atoms with Crippen LogP contribution in [-0.2, 0) is 6.42 Å². The molecule has 1 aromatic rings. The number of nitrogens with one attached hydrogen (secondary N) is 2. The Morgan fingerprint density at radius 3 is 2.91 bits per heavy atom. The molecule has 2 heterocycles. The van der Waals surface area contributed by atoms with E-state index in [9.17, 15) is 0 Å². The Balaban J connectivity index is 0.00000242. The first kappa shape index (κ1) is 20.2. The number of hydrogen-bond acceptors (Lipinski definition) is 3. The van der Waals surface area contributed by atoms with Crippen LogP contribution in [0.4, 0.5) is 0 Å². The van der Waals surface area contributed by atoms with Crippen LogP contribution in [0.15, 0.2) is 20.9 Å². The van der Waals surface area contributed by atoms with Gasteiger partial charge in [0.05, 0.1) is 3.79 Å². The molecule has 1 fully saturated rings. The molecule has 0 radical (unpaired) electrons. The molecular weight excluding hydrogens is 475 g/mol. The molecule has 1 atom stereocenters. The highest BCUT2D eigenvalue weighted by Crippen LogP contribution is 2.22. The van der Waals surface area contributed by atoms with E-state index in [1.165, 1.54) is 28.0 Å². The van der Waals surface area contributed by atoms with Crippen LogP contribution in [0.1, 0.15) is 24.6 Å². The van der Waals surface area contributed by atoms with E-state index >= 15 is 0 Å². The minimum Gasteiger partial charge on any atom is -0.356 e. The second-order valence-electron chi connectivity index (χ2n) is 5.26. The van der Waals surface area contributed by atoms with Crippen LogP contribution in [0.2, 0.25) is 0 Å². The molecule has 126 valence electrons. The first-order valence-electron chi connectivity index (χ1n) is 7.65. The number of rotatable bonds is 6. The van der Waals surface area contributed by atoms with Crippen LogP contribution in [0.5, 0.6) is 0 Å². The van der Waals surface area contributed by atoms with Gasteiger partial charge in [0.25, 0.3) is 0 Å². The minimum atomic E-state index is 0. The van der Waals surface area contributed by atoms with Gasteiger partial charge in [-0.2, -0.15) is 0 Å². The van der Waals surface area contributed by atoms with Crippen molar-refractivity contribution in [3.63, 3.8) is 0 Å². The average molecular weight is 501 g/mol. The summed E-state index contributed by atoms with van der Waals surface area (Å²) in [4.78, 5) is 8.24. The fourth-order valence-electron chi connectivity index (χ4n) is 2.77. The van der Waals surface area contributed by atoms with Gasteiger partial charge < -0.3 is 10.6 Å². The number of halogens is 2. The molecular formula is C15H26BrIN4S. The zero-order chi connectivity index (χ0) is 15.1. The Morgan fingerprint density at radius 2 is 2.27 bits per heavy atom. The lowest BCUT2D eigenvalue weighted by Crippen LogP contribution is -2.45. The Bertz CT molecular complexity index is 466. The van der Waals surface area contributed by atoms with Crippen molar-refractivity contribution >= 4 is 57.2 Å². The summed E-state index contributed by atoms with van der Waals surface area (Å²) >= 11 is 5.29. The molecule has 0 amide bonds. The van der Waals surface area contributed by atoms with E-state index in [1.54, 1.807) is 11.3 Å². The predicted molar refractivity (Wildman–Crippen MR) is 111 cm³/mol. The van der Waals surface area contributed by atoms with E-state index in [4.69, 9.17) is 0 Å². The smallest absolute Gasteiger partial charge is 0.191 e. The Morgan fingerprint density at radius 1 is 1.45 bits per heavy atom. The molecule has 0 bridgehead atoms. The zero-order valence-electron chi connectivity index (χ0n) is 13.3. The molecule has 2 rings (SSSR count). The first-order chi connectivity index (χ1) is 10.2. The summed E-state index contributed by atoms with van der Waals surface area (Å²) in [5.41, 5.74) is 0. The molecule has 7 heteroatoms. The van der Waals surface area contributed by atoms with Gasteiger partial charge in [-0.1, -0.05) is 6.92 Å². The SMILES string of the molecule is CCN1CCCC1CNC(=NC)NCCc1ccc(Br)s1.I. The average Bonchev–Trinajstić information content (AvgIpc) is 3.11. The lowest BCUT2D eigenvalue weighted by Gasteiger charge is -2.23. The fraction of sp³-hybridized carbons (Fsp3) is 0.667. The van der Waals surface area contributed by atoms with Crippen molar-refractivity contribution in [2.24, 2.45) is 4.99 Å². The van der Waals surface area contributed by atoms with Crippen molar-refractivity contribution in [3.8, 4) is 0 Å². The molecule has 1 aromatic heterocycles. The highest BCUT2D eigenvalue weighted by Gasteiger charge is 2.22. The lowest BCUT2D eigenvalue weighted by molar-refractivity contribution is 0.267. The van der Waals surface area contributed by atoms with E-state index < -0.39 is 0 Å². The zero-order valence-corrected chi connectivity index (χ0v) is 18.0. The second-order valence-corrected chi connectivity index (χ2v) is 7.81. The minimum absolute atomic E-state index is 0. The van der Waals surface area contributed by atoms with Gasteiger partial charge in [0.15, 0.2) is 5.96 Å². The maximum absolute atomic E-state index is 4.31.